The topological polar surface area (TPSA) is 77.6 Å². The van der Waals surface area contributed by atoms with Gasteiger partial charge in [-0.05, 0) is 44.0 Å². The lowest BCUT2D eigenvalue weighted by Gasteiger charge is -2.10. The Labute approximate surface area is 151 Å². The Morgan fingerprint density at radius 2 is 2.08 bits per heavy atom. The van der Waals surface area contributed by atoms with E-state index in [2.05, 4.69) is 10.4 Å². The number of carbonyl (C=O) groups excluding carboxylic acids is 1. The van der Waals surface area contributed by atoms with Gasteiger partial charge in [-0.2, -0.15) is 0 Å². The Bertz CT molecular complexity index is 974. The van der Waals surface area contributed by atoms with Crippen LogP contribution in [0.15, 0.2) is 47.4 Å². The number of rotatable bonds is 7. The van der Waals surface area contributed by atoms with E-state index in [1.165, 1.54) is 9.08 Å². The zero-order valence-corrected chi connectivity index (χ0v) is 14.9. The van der Waals surface area contributed by atoms with E-state index in [1.54, 1.807) is 18.3 Å². The maximum atomic E-state index is 12.1. The summed E-state index contributed by atoms with van der Waals surface area (Å²) in [5.74, 6) is 0.523. The number of ether oxygens (including phenoxy) is 1. The number of aryl methyl sites for hydroxylation is 3. The van der Waals surface area contributed by atoms with Crippen LogP contribution in [0.3, 0.4) is 0 Å². The predicted octanol–water partition coefficient (Wildman–Crippen LogP) is 1.70. The van der Waals surface area contributed by atoms with Crippen LogP contribution in [0, 0.1) is 13.8 Å². The first-order chi connectivity index (χ1) is 12.5. The number of benzene rings is 1. The van der Waals surface area contributed by atoms with Crippen molar-refractivity contribution in [1.29, 1.82) is 0 Å². The molecule has 1 amide bonds. The van der Waals surface area contributed by atoms with Crippen molar-refractivity contribution in [3.05, 3.63) is 64.2 Å². The van der Waals surface area contributed by atoms with E-state index < -0.39 is 0 Å². The number of pyridine rings is 1. The van der Waals surface area contributed by atoms with Crippen LogP contribution in [-0.2, 0) is 11.3 Å². The van der Waals surface area contributed by atoms with Gasteiger partial charge in [-0.3, -0.25) is 9.20 Å². The van der Waals surface area contributed by atoms with Crippen LogP contribution in [0.2, 0.25) is 0 Å². The number of amides is 1. The highest BCUT2D eigenvalue weighted by atomic mass is 16.5. The summed E-state index contributed by atoms with van der Waals surface area (Å²) in [7, 11) is 0. The van der Waals surface area contributed by atoms with Crippen molar-refractivity contribution < 1.29 is 9.53 Å². The van der Waals surface area contributed by atoms with Crippen molar-refractivity contribution in [3.8, 4) is 5.75 Å². The molecule has 0 aliphatic heterocycles. The number of fused-ring (bicyclic) bond motifs is 1. The van der Waals surface area contributed by atoms with Crippen LogP contribution < -0.4 is 15.7 Å². The largest absolute Gasteiger partial charge is 0.484 e. The van der Waals surface area contributed by atoms with Crippen LogP contribution in [-0.4, -0.2) is 33.2 Å². The van der Waals surface area contributed by atoms with Gasteiger partial charge in [0.1, 0.15) is 5.75 Å². The summed E-state index contributed by atoms with van der Waals surface area (Å²) in [4.78, 5) is 24.0. The van der Waals surface area contributed by atoms with Gasteiger partial charge in [0.2, 0.25) is 0 Å². The first-order valence-electron chi connectivity index (χ1n) is 8.55. The smallest absolute Gasteiger partial charge is 0.350 e. The summed E-state index contributed by atoms with van der Waals surface area (Å²) in [6.07, 6.45) is 2.30. The standard InChI is InChI=1S/C19H22N4O3/c1-14-7-8-16(15(2)12-14)26-13-18(24)20-9-5-11-23-19(25)22-10-4-3-6-17(22)21-23/h3-4,6-8,10,12H,5,9,11,13H2,1-2H3,(H,20,24). The Morgan fingerprint density at radius 1 is 1.23 bits per heavy atom. The third-order valence-corrected chi connectivity index (χ3v) is 4.05. The van der Waals surface area contributed by atoms with Crippen LogP contribution in [0.1, 0.15) is 17.5 Å². The molecule has 0 aliphatic rings. The molecule has 136 valence electrons. The van der Waals surface area contributed by atoms with E-state index in [9.17, 15) is 9.59 Å². The summed E-state index contributed by atoms with van der Waals surface area (Å²) in [6, 6.07) is 11.2. The highest BCUT2D eigenvalue weighted by molar-refractivity contribution is 5.77. The van der Waals surface area contributed by atoms with Gasteiger partial charge in [0, 0.05) is 19.3 Å². The maximum absolute atomic E-state index is 12.1. The highest BCUT2D eigenvalue weighted by Crippen LogP contribution is 2.18. The van der Waals surface area contributed by atoms with E-state index in [1.807, 2.05) is 38.1 Å². The first kappa shape index (κ1) is 17.7. The van der Waals surface area contributed by atoms with Crippen LogP contribution in [0.4, 0.5) is 0 Å². The molecule has 2 heterocycles. The van der Waals surface area contributed by atoms with Crippen molar-refractivity contribution in [2.75, 3.05) is 13.2 Å². The minimum absolute atomic E-state index is 0.0295. The summed E-state index contributed by atoms with van der Waals surface area (Å²) >= 11 is 0. The van der Waals surface area contributed by atoms with Crippen molar-refractivity contribution >= 4 is 11.6 Å². The van der Waals surface area contributed by atoms with Gasteiger partial charge in [0.05, 0.1) is 0 Å². The molecule has 0 atom stereocenters. The fraction of sp³-hybridized carbons (Fsp3) is 0.316. The zero-order valence-electron chi connectivity index (χ0n) is 14.9. The molecule has 7 nitrogen and oxygen atoms in total. The van der Waals surface area contributed by atoms with E-state index >= 15 is 0 Å². The van der Waals surface area contributed by atoms with Gasteiger partial charge in [-0.25, -0.2) is 9.48 Å². The molecular formula is C19H22N4O3. The molecule has 0 aliphatic carbocycles. The number of hydrogen-bond acceptors (Lipinski definition) is 4. The number of carbonyl (C=O) groups is 1. The Morgan fingerprint density at radius 3 is 2.85 bits per heavy atom. The van der Waals surface area contributed by atoms with Crippen LogP contribution in [0.25, 0.3) is 5.65 Å². The number of nitrogens with zero attached hydrogens (tertiary/aromatic N) is 3. The number of aromatic nitrogens is 3. The van der Waals surface area contributed by atoms with Crippen molar-refractivity contribution in [2.45, 2.75) is 26.8 Å². The van der Waals surface area contributed by atoms with E-state index in [0.717, 1.165) is 11.1 Å². The molecule has 7 heteroatoms. The Kier molecular flexibility index (Phi) is 5.36. The van der Waals surface area contributed by atoms with Crippen molar-refractivity contribution in [1.82, 2.24) is 19.5 Å². The lowest BCUT2D eigenvalue weighted by molar-refractivity contribution is -0.123. The second kappa shape index (κ2) is 7.86. The van der Waals surface area contributed by atoms with E-state index in [0.29, 0.717) is 30.9 Å². The zero-order chi connectivity index (χ0) is 18.5. The van der Waals surface area contributed by atoms with Gasteiger partial charge < -0.3 is 10.1 Å². The molecule has 0 spiro atoms. The second-order valence-electron chi connectivity index (χ2n) is 6.20. The van der Waals surface area contributed by atoms with Crippen molar-refractivity contribution in [2.24, 2.45) is 0 Å². The molecule has 26 heavy (non-hydrogen) atoms. The summed E-state index contributed by atoms with van der Waals surface area (Å²) in [6.45, 7) is 4.83. The van der Waals surface area contributed by atoms with E-state index in [-0.39, 0.29) is 18.2 Å². The molecule has 0 fully saturated rings. The fourth-order valence-electron chi connectivity index (χ4n) is 2.73. The molecule has 0 saturated carbocycles. The molecule has 0 radical (unpaired) electrons. The minimum atomic E-state index is -0.188. The number of hydrogen-bond donors (Lipinski definition) is 1. The quantitative estimate of drug-likeness (QED) is 0.655. The predicted molar refractivity (Wildman–Crippen MR) is 98.5 cm³/mol. The summed E-state index contributed by atoms with van der Waals surface area (Å²) in [5, 5.41) is 7.04. The van der Waals surface area contributed by atoms with Crippen LogP contribution >= 0.6 is 0 Å². The van der Waals surface area contributed by atoms with Gasteiger partial charge in [0.25, 0.3) is 5.91 Å². The average molecular weight is 354 g/mol. The molecule has 3 rings (SSSR count). The highest BCUT2D eigenvalue weighted by Gasteiger charge is 2.07. The average Bonchev–Trinajstić information content (AvgIpc) is 2.94. The summed E-state index contributed by atoms with van der Waals surface area (Å²) < 4.78 is 8.45. The molecular weight excluding hydrogens is 332 g/mol. The fourth-order valence-corrected chi connectivity index (χ4v) is 2.73. The Hall–Kier alpha value is -3.09. The maximum Gasteiger partial charge on any atom is 0.350 e. The second-order valence-corrected chi connectivity index (χ2v) is 6.20. The van der Waals surface area contributed by atoms with Crippen molar-refractivity contribution in [3.63, 3.8) is 0 Å². The lowest BCUT2D eigenvalue weighted by Crippen LogP contribution is -2.31. The molecule has 1 N–H and O–H groups in total. The molecule has 3 aromatic rings. The monoisotopic (exact) mass is 354 g/mol. The SMILES string of the molecule is Cc1ccc(OCC(=O)NCCCn2nc3ccccn3c2=O)c(C)c1. The van der Waals surface area contributed by atoms with Gasteiger partial charge in [0.15, 0.2) is 12.3 Å². The van der Waals surface area contributed by atoms with Crippen LogP contribution in [0.5, 0.6) is 5.75 Å². The van der Waals surface area contributed by atoms with Gasteiger partial charge in [-0.15, -0.1) is 5.10 Å². The Balaban J connectivity index is 1.43. The molecule has 0 bridgehead atoms. The summed E-state index contributed by atoms with van der Waals surface area (Å²) in [5.41, 5.74) is 2.60. The molecule has 2 aromatic heterocycles. The lowest BCUT2D eigenvalue weighted by atomic mass is 10.1. The molecule has 0 unspecified atom stereocenters. The normalized spacial score (nSPS) is 10.8. The third-order valence-electron chi connectivity index (χ3n) is 4.05. The molecule has 1 aromatic carbocycles. The minimum Gasteiger partial charge on any atom is -0.484 e. The van der Waals surface area contributed by atoms with Gasteiger partial charge >= 0.3 is 5.69 Å². The third kappa shape index (κ3) is 4.11. The van der Waals surface area contributed by atoms with E-state index in [4.69, 9.17) is 4.74 Å². The molecule has 0 saturated heterocycles. The van der Waals surface area contributed by atoms with Gasteiger partial charge in [-0.1, -0.05) is 23.8 Å². The number of nitrogens with one attached hydrogen (secondary N) is 1. The first-order valence-corrected chi connectivity index (χ1v) is 8.55.